The second kappa shape index (κ2) is 7.81. The lowest BCUT2D eigenvalue weighted by Crippen LogP contribution is -2.38. The van der Waals surface area contributed by atoms with Crippen LogP contribution in [0, 0.1) is 0 Å². The van der Waals surface area contributed by atoms with E-state index in [4.69, 9.17) is 4.74 Å². The summed E-state index contributed by atoms with van der Waals surface area (Å²) >= 11 is 0. The van der Waals surface area contributed by atoms with Crippen LogP contribution in [0.2, 0.25) is 0 Å². The quantitative estimate of drug-likeness (QED) is 0.573. The lowest BCUT2D eigenvalue weighted by Gasteiger charge is -2.28. The highest BCUT2D eigenvalue weighted by Crippen LogP contribution is 2.19. The normalized spacial score (nSPS) is 14.0. The number of hydrogen-bond donors (Lipinski definition) is 0. The van der Waals surface area contributed by atoms with Gasteiger partial charge < -0.3 is 9.64 Å². The van der Waals surface area contributed by atoms with Crippen molar-refractivity contribution in [1.82, 2.24) is 4.90 Å². The van der Waals surface area contributed by atoms with Crippen LogP contribution in [0.5, 0.6) is 0 Å². The number of unbranched alkanes of at least 4 members (excludes halogenated alkanes) is 2. The first-order chi connectivity index (χ1) is 10.2. The van der Waals surface area contributed by atoms with Crippen LogP contribution in [-0.4, -0.2) is 36.5 Å². The van der Waals surface area contributed by atoms with Gasteiger partial charge in [-0.05, 0) is 37.8 Å². The van der Waals surface area contributed by atoms with Crippen LogP contribution in [-0.2, 0) is 16.0 Å². The minimum Gasteiger partial charge on any atom is -0.466 e. The highest BCUT2D eigenvalue weighted by atomic mass is 16.5. The van der Waals surface area contributed by atoms with E-state index in [1.54, 1.807) is 0 Å². The Labute approximate surface area is 126 Å². The summed E-state index contributed by atoms with van der Waals surface area (Å²) in [6.45, 7) is 3.84. The first-order valence-corrected chi connectivity index (χ1v) is 7.75. The Morgan fingerprint density at radius 2 is 2.05 bits per heavy atom. The van der Waals surface area contributed by atoms with Crippen molar-refractivity contribution in [2.45, 2.75) is 39.0 Å². The fraction of sp³-hybridized carbons (Fsp3) is 0.529. The molecule has 1 aliphatic rings. The monoisotopic (exact) mass is 289 g/mol. The van der Waals surface area contributed by atoms with Gasteiger partial charge >= 0.3 is 5.97 Å². The average Bonchev–Trinajstić information content (AvgIpc) is 2.49. The molecule has 0 saturated carbocycles. The maximum Gasteiger partial charge on any atom is 0.305 e. The molecule has 4 nitrogen and oxygen atoms in total. The van der Waals surface area contributed by atoms with Gasteiger partial charge in [-0.3, -0.25) is 9.59 Å². The third kappa shape index (κ3) is 4.31. The number of fused-ring (bicyclic) bond motifs is 1. The molecule has 1 heterocycles. The van der Waals surface area contributed by atoms with Crippen molar-refractivity contribution in [3.05, 3.63) is 35.4 Å². The Kier molecular flexibility index (Phi) is 5.78. The fourth-order valence-electron chi connectivity index (χ4n) is 2.67. The van der Waals surface area contributed by atoms with E-state index >= 15 is 0 Å². The summed E-state index contributed by atoms with van der Waals surface area (Å²) in [6, 6.07) is 7.84. The second-order valence-corrected chi connectivity index (χ2v) is 5.32. The largest absolute Gasteiger partial charge is 0.466 e. The molecular formula is C17H23NO3. The van der Waals surface area contributed by atoms with Gasteiger partial charge in [0.1, 0.15) is 0 Å². The average molecular weight is 289 g/mol. The molecule has 4 heteroatoms. The molecule has 0 unspecified atom stereocenters. The van der Waals surface area contributed by atoms with E-state index in [2.05, 4.69) is 0 Å². The molecule has 2 rings (SSSR count). The summed E-state index contributed by atoms with van der Waals surface area (Å²) in [5, 5.41) is 0. The zero-order chi connectivity index (χ0) is 15.1. The number of hydrogen-bond acceptors (Lipinski definition) is 3. The third-order valence-electron chi connectivity index (χ3n) is 3.80. The van der Waals surface area contributed by atoms with Gasteiger partial charge in [0.05, 0.1) is 6.61 Å². The van der Waals surface area contributed by atoms with Gasteiger partial charge in [-0.2, -0.15) is 0 Å². The molecule has 114 valence electrons. The number of nitrogens with zero attached hydrogens (tertiary/aromatic N) is 1. The van der Waals surface area contributed by atoms with Gasteiger partial charge in [0.2, 0.25) is 0 Å². The van der Waals surface area contributed by atoms with Crippen LogP contribution in [0.1, 0.15) is 48.5 Å². The maximum absolute atomic E-state index is 12.3. The maximum atomic E-state index is 12.3. The van der Waals surface area contributed by atoms with E-state index in [1.807, 2.05) is 36.1 Å². The summed E-state index contributed by atoms with van der Waals surface area (Å²) in [4.78, 5) is 25.5. The molecule has 0 aromatic heterocycles. The van der Waals surface area contributed by atoms with Crippen LogP contribution >= 0.6 is 0 Å². The molecule has 1 amide bonds. The zero-order valence-electron chi connectivity index (χ0n) is 12.6. The van der Waals surface area contributed by atoms with E-state index in [-0.39, 0.29) is 11.9 Å². The highest BCUT2D eigenvalue weighted by molar-refractivity contribution is 5.96. The number of amides is 1. The number of esters is 1. The van der Waals surface area contributed by atoms with Crippen molar-refractivity contribution in [3.63, 3.8) is 0 Å². The van der Waals surface area contributed by atoms with Crippen molar-refractivity contribution in [2.24, 2.45) is 0 Å². The van der Waals surface area contributed by atoms with Gasteiger partial charge in [-0.1, -0.05) is 24.6 Å². The van der Waals surface area contributed by atoms with Crippen molar-refractivity contribution in [3.8, 4) is 0 Å². The smallest absolute Gasteiger partial charge is 0.305 e. The van der Waals surface area contributed by atoms with E-state index < -0.39 is 0 Å². The molecule has 0 fully saturated rings. The van der Waals surface area contributed by atoms with E-state index in [1.165, 1.54) is 0 Å². The van der Waals surface area contributed by atoms with E-state index in [0.717, 1.165) is 49.9 Å². The number of ether oxygens (including phenoxy) is 1. The molecule has 0 radical (unpaired) electrons. The Balaban J connectivity index is 1.71. The Morgan fingerprint density at radius 3 is 2.86 bits per heavy atom. The van der Waals surface area contributed by atoms with E-state index in [0.29, 0.717) is 13.0 Å². The van der Waals surface area contributed by atoms with Crippen LogP contribution < -0.4 is 0 Å². The molecule has 1 aliphatic heterocycles. The van der Waals surface area contributed by atoms with Crippen molar-refractivity contribution >= 4 is 11.9 Å². The summed E-state index contributed by atoms with van der Waals surface area (Å²) < 4.78 is 4.89. The third-order valence-corrected chi connectivity index (χ3v) is 3.80. The zero-order valence-corrected chi connectivity index (χ0v) is 12.6. The number of rotatable bonds is 7. The number of carbonyl (C=O) groups excluding carboxylic acids is 2. The van der Waals surface area contributed by atoms with Crippen LogP contribution in [0.15, 0.2) is 24.3 Å². The molecule has 0 bridgehead atoms. The molecule has 21 heavy (non-hydrogen) atoms. The fourth-order valence-corrected chi connectivity index (χ4v) is 2.67. The van der Waals surface area contributed by atoms with Crippen LogP contribution in [0.25, 0.3) is 0 Å². The summed E-state index contributed by atoms with van der Waals surface area (Å²) in [7, 11) is 0. The van der Waals surface area contributed by atoms with Gasteiger partial charge in [-0.25, -0.2) is 0 Å². The molecule has 0 saturated heterocycles. The molecule has 0 spiro atoms. The highest BCUT2D eigenvalue weighted by Gasteiger charge is 2.22. The van der Waals surface area contributed by atoms with Crippen LogP contribution in [0.4, 0.5) is 0 Å². The Morgan fingerprint density at radius 1 is 1.24 bits per heavy atom. The Hall–Kier alpha value is -1.84. The standard InChI is InChI=1S/C17H23NO3/c1-2-21-16(19)10-4-3-7-12-18-13-11-14-8-5-6-9-15(14)17(18)20/h5-6,8-9H,2-4,7,10-13H2,1H3. The molecular weight excluding hydrogens is 266 g/mol. The van der Waals surface area contributed by atoms with E-state index in [9.17, 15) is 9.59 Å². The SMILES string of the molecule is CCOC(=O)CCCCCN1CCc2ccccc2C1=O. The second-order valence-electron chi connectivity index (χ2n) is 5.32. The predicted molar refractivity (Wildman–Crippen MR) is 81.2 cm³/mol. The van der Waals surface area contributed by atoms with Gasteiger partial charge in [-0.15, -0.1) is 0 Å². The van der Waals surface area contributed by atoms with Gasteiger partial charge in [0.25, 0.3) is 5.91 Å². The van der Waals surface area contributed by atoms with Crippen LogP contribution in [0.3, 0.4) is 0 Å². The first-order valence-electron chi connectivity index (χ1n) is 7.75. The Bertz CT molecular complexity index is 499. The lowest BCUT2D eigenvalue weighted by atomic mass is 9.99. The molecule has 0 aliphatic carbocycles. The topological polar surface area (TPSA) is 46.6 Å². The van der Waals surface area contributed by atoms with Crippen molar-refractivity contribution < 1.29 is 14.3 Å². The minimum absolute atomic E-state index is 0.125. The van der Waals surface area contributed by atoms with Gasteiger partial charge in [0.15, 0.2) is 0 Å². The van der Waals surface area contributed by atoms with Gasteiger partial charge in [0, 0.05) is 25.1 Å². The lowest BCUT2D eigenvalue weighted by molar-refractivity contribution is -0.143. The molecule has 1 aromatic carbocycles. The molecule has 0 atom stereocenters. The minimum atomic E-state index is -0.125. The molecule has 1 aromatic rings. The van der Waals surface area contributed by atoms with Crippen molar-refractivity contribution in [1.29, 1.82) is 0 Å². The molecule has 0 N–H and O–H groups in total. The number of benzene rings is 1. The summed E-state index contributed by atoms with van der Waals surface area (Å²) in [5.74, 6) is 0.0164. The number of carbonyl (C=O) groups is 2. The van der Waals surface area contributed by atoms with Crippen molar-refractivity contribution in [2.75, 3.05) is 19.7 Å². The first kappa shape index (κ1) is 15.5. The summed E-state index contributed by atoms with van der Waals surface area (Å²) in [5.41, 5.74) is 2.00. The summed E-state index contributed by atoms with van der Waals surface area (Å²) in [6.07, 6.45) is 4.13. The predicted octanol–water partition coefficient (Wildman–Crippen LogP) is 2.81.